The van der Waals surface area contributed by atoms with E-state index >= 15 is 0 Å². The van der Waals surface area contributed by atoms with Crippen LogP contribution in [0.1, 0.15) is 48.8 Å². The molecule has 2 aliphatic rings. The Hall–Kier alpha value is -3.02. The molecular formula is C22H23N5O. The van der Waals surface area contributed by atoms with Crippen LogP contribution >= 0.6 is 0 Å². The summed E-state index contributed by atoms with van der Waals surface area (Å²) >= 11 is 0. The van der Waals surface area contributed by atoms with E-state index in [0.29, 0.717) is 30.4 Å². The van der Waals surface area contributed by atoms with Gasteiger partial charge in [0.25, 0.3) is 0 Å². The van der Waals surface area contributed by atoms with Crippen LogP contribution in [0.5, 0.6) is 5.88 Å². The fourth-order valence-electron chi connectivity index (χ4n) is 4.36. The van der Waals surface area contributed by atoms with Gasteiger partial charge in [0.1, 0.15) is 17.8 Å². The second kappa shape index (κ2) is 7.19. The molecule has 0 saturated heterocycles. The quantitative estimate of drug-likeness (QED) is 0.756. The van der Waals surface area contributed by atoms with Crippen molar-refractivity contribution < 1.29 is 4.74 Å². The Labute approximate surface area is 164 Å². The fourth-order valence-corrected chi connectivity index (χ4v) is 4.36. The van der Waals surface area contributed by atoms with Gasteiger partial charge in [-0.25, -0.2) is 4.98 Å². The molecule has 142 valence electrons. The van der Waals surface area contributed by atoms with Crippen LogP contribution in [0.15, 0.2) is 48.7 Å². The van der Waals surface area contributed by atoms with E-state index in [1.165, 1.54) is 5.56 Å². The minimum Gasteiger partial charge on any atom is -0.474 e. The van der Waals surface area contributed by atoms with Gasteiger partial charge in [0.15, 0.2) is 0 Å². The molecule has 5 rings (SSSR count). The summed E-state index contributed by atoms with van der Waals surface area (Å²) in [4.78, 5) is 4.27. The average Bonchev–Trinajstić information content (AvgIpc) is 3.06. The molecule has 2 aromatic heterocycles. The number of nitrogens with one attached hydrogen (secondary N) is 1. The largest absolute Gasteiger partial charge is 0.474 e. The Balaban J connectivity index is 1.38. The normalized spacial score (nSPS) is 21.5. The van der Waals surface area contributed by atoms with Crippen molar-refractivity contribution in [3.63, 3.8) is 0 Å². The van der Waals surface area contributed by atoms with Crippen molar-refractivity contribution in [2.45, 2.75) is 50.5 Å². The van der Waals surface area contributed by atoms with Gasteiger partial charge in [-0.1, -0.05) is 24.3 Å². The number of ether oxygens (including phenoxy) is 1. The Morgan fingerprint density at radius 1 is 0.929 bits per heavy atom. The highest BCUT2D eigenvalue weighted by atomic mass is 16.5. The molecule has 1 N–H and O–H groups in total. The molecule has 3 aromatic rings. The number of benzene rings is 1. The Morgan fingerprint density at radius 2 is 1.75 bits per heavy atom. The third-order valence-electron chi connectivity index (χ3n) is 5.73. The molecule has 1 aliphatic heterocycles. The third kappa shape index (κ3) is 3.19. The second-order valence-corrected chi connectivity index (χ2v) is 7.66. The molecule has 6 nitrogen and oxygen atoms in total. The third-order valence-corrected chi connectivity index (χ3v) is 5.73. The van der Waals surface area contributed by atoms with Crippen molar-refractivity contribution >= 4 is 5.71 Å². The first-order valence-corrected chi connectivity index (χ1v) is 9.94. The van der Waals surface area contributed by atoms with Gasteiger partial charge in [0.05, 0.1) is 5.69 Å². The summed E-state index contributed by atoms with van der Waals surface area (Å²) in [5.41, 5.74) is 3.00. The monoisotopic (exact) mass is 373 g/mol. The summed E-state index contributed by atoms with van der Waals surface area (Å²) in [5, 5.41) is 17.3. The minimum atomic E-state index is 0.207. The van der Waals surface area contributed by atoms with Crippen LogP contribution in [-0.4, -0.2) is 31.6 Å². The van der Waals surface area contributed by atoms with Gasteiger partial charge in [-0.05, 0) is 43.4 Å². The molecule has 1 fully saturated rings. The predicted molar refractivity (Wildman–Crippen MR) is 106 cm³/mol. The molecule has 1 aliphatic carbocycles. The summed E-state index contributed by atoms with van der Waals surface area (Å²) in [7, 11) is 0. The first kappa shape index (κ1) is 17.1. The average molecular weight is 373 g/mol. The van der Waals surface area contributed by atoms with Gasteiger partial charge in [-0.2, -0.15) is 0 Å². The van der Waals surface area contributed by atoms with E-state index in [1.807, 2.05) is 24.3 Å². The first-order valence-electron chi connectivity index (χ1n) is 9.94. The van der Waals surface area contributed by atoms with E-state index in [1.54, 1.807) is 6.20 Å². The van der Waals surface area contributed by atoms with Crippen LogP contribution in [0.3, 0.4) is 0 Å². The second-order valence-electron chi connectivity index (χ2n) is 7.66. The van der Waals surface area contributed by atoms with E-state index in [-0.39, 0.29) is 6.10 Å². The number of aromatic nitrogens is 4. The zero-order chi connectivity index (χ0) is 18.9. The Kier molecular flexibility index (Phi) is 4.39. The topological polar surface area (TPSA) is 76.7 Å². The molecule has 0 bridgehead atoms. The van der Waals surface area contributed by atoms with Crippen molar-refractivity contribution in [2.24, 2.45) is 0 Å². The lowest BCUT2D eigenvalue weighted by Crippen LogP contribution is -2.25. The fraction of sp³-hybridized carbons (Fsp3) is 0.364. The van der Waals surface area contributed by atoms with Gasteiger partial charge >= 0.3 is 0 Å². The number of nitrogens with zero attached hydrogens (tertiary/aromatic N) is 4. The number of fused-ring (bicyclic) bond motifs is 3. The molecule has 0 radical (unpaired) electrons. The molecule has 3 heterocycles. The first-order chi connectivity index (χ1) is 13.8. The molecule has 1 saturated carbocycles. The molecule has 1 aromatic carbocycles. The highest BCUT2D eigenvalue weighted by molar-refractivity contribution is 5.87. The van der Waals surface area contributed by atoms with Crippen molar-refractivity contribution in [2.75, 3.05) is 0 Å². The minimum absolute atomic E-state index is 0.207. The van der Waals surface area contributed by atoms with Crippen LogP contribution in [0.4, 0.5) is 0 Å². The van der Waals surface area contributed by atoms with E-state index in [9.17, 15) is 0 Å². The molecule has 28 heavy (non-hydrogen) atoms. The standard InChI is InChI=1S/C22H23N5O/c23-17-13-16-5-1-2-6-19(16)27-20(14-17)25-26-22(27)15-8-10-18(11-9-15)28-21-7-3-4-12-24-21/h1-7,12,15,18,23H,8-11,13-14H2/t15-,18-. The van der Waals surface area contributed by atoms with Crippen LogP contribution in [-0.2, 0) is 12.8 Å². The maximum absolute atomic E-state index is 8.27. The molecule has 6 heteroatoms. The lowest BCUT2D eigenvalue weighted by atomic mass is 9.86. The van der Waals surface area contributed by atoms with Gasteiger partial charge in [-0.15, -0.1) is 10.2 Å². The van der Waals surface area contributed by atoms with Gasteiger partial charge in [0, 0.05) is 36.7 Å². The summed E-state index contributed by atoms with van der Waals surface area (Å²) < 4.78 is 8.25. The Bertz CT molecular complexity index is 989. The van der Waals surface area contributed by atoms with E-state index < -0.39 is 0 Å². The summed E-state index contributed by atoms with van der Waals surface area (Å²) in [6, 6.07) is 14.1. The van der Waals surface area contributed by atoms with Gasteiger partial charge in [-0.3, -0.25) is 4.57 Å². The predicted octanol–water partition coefficient (Wildman–Crippen LogP) is 3.89. The molecule has 0 spiro atoms. The highest BCUT2D eigenvalue weighted by Crippen LogP contribution is 2.36. The number of rotatable bonds is 3. The molecule has 0 atom stereocenters. The van der Waals surface area contributed by atoms with Crippen molar-refractivity contribution in [1.82, 2.24) is 19.7 Å². The van der Waals surface area contributed by atoms with Gasteiger partial charge in [0.2, 0.25) is 5.88 Å². The highest BCUT2D eigenvalue weighted by Gasteiger charge is 2.30. The van der Waals surface area contributed by atoms with Crippen LogP contribution in [0, 0.1) is 5.41 Å². The Morgan fingerprint density at radius 3 is 2.57 bits per heavy atom. The van der Waals surface area contributed by atoms with Gasteiger partial charge < -0.3 is 10.1 Å². The number of hydrogen-bond donors (Lipinski definition) is 1. The SMILES string of the molecule is N=C1Cc2ccccc2-n2c(nnc2[C@H]2CC[C@H](Oc3ccccn3)CC2)C1. The van der Waals surface area contributed by atoms with E-state index in [2.05, 4.69) is 37.9 Å². The lowest BCUT2D eigenvalue weighted by molar-refractivity contribution is 0.139. The number of pyridine rings is 1. The summed E-state index contributed by atoms with van der Waals surface area (Å²) in [6.45, 7) is 0. The number of hydrogen-bond acceptors (Lipinski definition) is 5. The zero-order valence-electron chi connectivity index (χ0n) is 15.7. The van der Waals surface area contributed by atoms with Crippen LogP contribution < -0.4 is 4.74 Å². The van der Waals surface area contributed by atoms with E-state index in [0.717, 1.165) is 43.0 Å². The van der Waals surface area contributed by atoms with E-state index in [4.69, 9.17) is 10.1 Å². The summed E-state index contributed by atoms with van der Waals surface area (Å²) in [6.07, 6.45) is 7.25. The van der Waals surface area contributed by atoms with Crippen LogP contribution in [0.25, 0.3) is 5.69 Å². The van der Waals surface area contributed by atoms with Crippen LogP contribution in [0.2, 0.25) is 0 Å². The molecule has 0 unspecified atom stereocenters. The maximum Gasteiger partial charge on any atom is 0.213 e. The molecule has 0 amide bonds. The summed E-state index contributed by atoms with van der Waals surface area (Å²) in [5.74, 6) is 2.99. The van der Waals surface area contributed by atoms with Crippen molar-refractivity contribution in [3.05, 3.63) is 65.9 Å². The smallest absolute Gasteiger partial charge is 0.213 e. The van der Waals surface area contributed by atoms with Crippen molar-refractivity contribution in [1.29, 1.82) is 5.41 Å². The number of para-hydroxylation sites is 1. The lowest BCUT2D eigenvalue weighted by Gasteiger charge is -2.28. The maximum atomic E-state index is 8.27. The molecular weight excluding hydrogens is 350 g/mol. The van der Waals surface area contributed by atoms with Crippen molar-refractivity contribution in [3.8, 4) is 11.6 Å². The zero-order valence-corrected chi connectivity index (χ0v) is 15.7.